The average molecular weight is 353 g/mol. The van der Waals surface area contributed by atoms with E-state index < -0.39 is 18.4 Å². The molecule has 0 spiro atoms. The Morgan fingerprint density at radius 3 is 2.44 bits per heavy atom. The minimum absolute atomic E-state index is 1.40. The van der Waals surface area contributed by atoms with Crippen molar-refractivity contribution in [3.8, 4) is 0 Å². The molecule has 3 aromatic rings. The summed E-state index contributed by atoms with van der Waals surface area (Å²) in [5, 5.41) is 5.02. The van der Waals surface area contributed by atoms with Crippen LogP contribution < -0.4 is 2.89 Å². The summed E-state index contributed by atoms with van der Waals surface area (Å²) in [5.41, 5.74) is 0. The number of hydrogen-bond donors (Lipinski definition) is 0. The van der Waals surface area contributed by atoms with Crippen LogP contribution in [0.1, 0.15) is 0 Å². The maximum absolute atomic E-state index is 2.49. The van der Waals surface area contributed by atoms with Gasteiger partial charge in [-0.2, -0.15) is 0 Å². The first-order valence-corrected chi connectivity index (χ1v) is 17.1. The normalized spacial score (nSPS) is 12.7. The van der Waals surface area contributed by atoms with E-state index in [0.29, 0.717) is 0 Å². The van der Waals surface area contributed by atoms with Crippen molar-refractivity contribution in [2.75, 3.05) is 0 Å². The Morgan fingerprint density at radius 1 is 0.938 bits per heavy atom. The van der Waals surface area contributed by atoms with Crippen LogP contribution in [-0.2, 0) is 0 Å². The van der Waals surface area contributed by atoms with Gasteiger partial charge in [-0.05, 0) is 0 Å². The molecule has 0 N–H and O–H groups in total. The van der Waals surface area contributed by atoms with E-state index in [1.165, 1.54) is 20.2 Å². The van der Waals surface area contributed by atoms with Crippen molar-refractivity contribution < 1.29 is 0 Å². The first kappa shape index (κ1) is 11.1. The Hall–Kier alpha value is -0.0613. The fraction of sp³-hybridized carbons (Fsp3) is 0.231. The van der Waals surface area contributed by atoms with Gasteiger partial charge in [-0.15, -0.1) is 0 Å². The molecule has 0 fully saturated rings. The Balaban J connectivity index is 2.31. The average Bonchev–Trinajstić information content (AvgIpc) is 2.75. The molecule has 2 aromatic heterocycles. The van der Waals surface area contributed by atoms with E-state index >= 15 is 0 Å². The Bertz CT molecular complexity index is 607. The van der Waals surface area contributed by atoms with Crippen molar-refractivity contribution in [3.05, 3.63) is 29.6 Å². The number of hydrogen-bond acceptors (Lipinski definition) is 2. The van der Waals surface area contributed by atoms with Crippen molar-refractivity contribution in [2.24, 2.45) is 0 Å². The van der Waals surface area contributed by atoms with Crippen LogP contribution in [0.4, 0.5) is 0 Å². The molecule has 0 aliphatic heterocycles. The fourth-order valence-corrected chi connectivity index (χ4v) is 9.08. The summed E-state index contributed by atoms with van der Waals surface area (Å²) in [5.74, 6) is 0. The van der Waals surface area contributed by atoms with Gasteiger partial charge in [0.05, 0.1) is 0 Å². The summed E-state index contributed by atoms with van der Waals surface area (Å²) in [4.78, 5) is 7.46. The first-order chi connectivity index (χ1) is 7.54. The van der Waals surface area contributed by atoms with Gasteiger partial charge in [0.15, 0.2) is 0 Å². The van der Waals surface area contributed by atoms with Gasteiger partial charge in [0.1, 0.15) is 0 Å². The molecule has 0 nitrogen and oxygen atoms in total. The van der Waals surface area contributed by atoms with Crippen molar-refractivity contribution in [2.45, 2.75) is 14.8 Å². The van der Waals surface area contributed by atoms with E-state index in [2.05, 4.69) is 44.5 Å². The quantitative estimate of drug-likeness (QED) is 0.558. The van der Waals surface area contributed by atoms with Crippen LogP contribution in [0.5, 0.6) is 0 Å². The summed E-state index contributed by atoms with van der Waals surface area (Å²) >= 11 is 1.99. The topological polar surface area (TPSA) is 0 Å². The fourth-order valence-electron chi connectivity index (χ4n) is 1.86. The molecule has 82 valence electrons. The van der Waals surface area contributed by atoms with Gasteiger partial charge in [0.2, 0.25) is 0 Å². The minimum atomic E-state index is -1.87. The SMILES string of the molecule is [CH3][Sn]([CH3])([CH3])[c]1cc2cc3sccc3cc2s1. The summed E-state index contributed by atoms with van der Waals surface area (Å²) < 4.78 is 4.57. The van der Waals surface area contributed by atoms with Crippen LogP contribution in [0.2, 0.25) is 14.8 Å². The molecule has 1 aromatic carbocycles. The molecule has 0 aliphatic rings. The van der Waals surface area contributed by atoms with E-state index in [-0.39, 0.29) is 0 Å². The second kappa shape index (κ2) is 3.72. The molecule has 0 radical (unpaired) electrons. The number of thiophene rings is 2. The number of fused-ring (bicyclic) bond motifs is 2. The van der Waals surface area contributed by atoms with Gasteiger partial charge in [-0.25, -0.2) is 0 Å². The molecule has 0 unspecified atom stereocenters. The monoisotopic (exact) mass is 354 g/mol. The summed E-state index contributed by atoms with van der Waals surface area (Å²) in [6.45, 7) is 0. The molecule has 0 saturated heterocycles. The number of benzene rings is 1. The van der Waals surface area contributed by atoms with Crippen molar-refractivity contribution >= 4 is 64.1 Å². The maximum atomic E-state index is 2.49. The third-order valence-corrected chi connectivity index (χ3v) is 14.2. The molecule has 0 bridgehead atoms. The van der Waals surface area contributed by atoms with Crippen LogP contribution in [0, 0.1) is 0 Å². The van der Waals surface area contributed by atoms with Crippen LogP contribution in [0.15, 0.2) is 29.6 Å². The predicted octanol–water partition coefficient (Wildman–Crippen LogP) is 4.66. The summed E-state index contributed by atoms with van der Waals surface area (Å²) in [6, 6.07) is 9.37. The predicted molar refractivity (Wildman–Crippen MR) is 80.2 cm³/mol. The van der Waals surface area contributed by atoms with E-state index in [9.17, 15) is 0 Å². The Morgan fingerprint density at radius 2 is 1.69 bits per heavy atom. The van der Waals surface area contributed by atoms with Crippen LogP contribution >= 0.6 is 22.7 Å². The van der Waals surface area contributed by atoms with Crippen LogP contribution in [0.3, 0.4) is 0 Å². The third-order valence-electron chi connectivity index (χ3n) is 2.83. The third kappa shape index (κ3) is 1.81. The molecule has 16 heavy (non-hydrogen) atoms. The number of rotatable bonds is 1. The molecular weight excluding hydrogens is 339 g/mol. The summed E-state index contributed by atoms with van der Waals surface area (Å²) in [7, 11) is 0. The standard InChI is InChI=1S/C10H5S2.3CH3.Sn/c1-3-11-9-6-8-2-4-12-10(8)5-7(1)9;;;;/h1-3,5-6H;3*1H3;. The molecular formula is C13H14S2Sn. The first-order valence-electron chi connectivity index (χ1n) is 5.45. The molecule has 0 atom stereocenters. The molecule has 2 heterocycles. The van der Waals surface area contributed by atoms with Gasteiger partial charge in [0.25, 0.3) is 0 Å². The van der Waals surface area contributed by atoms with Gasteiger partial charge >= 0.3 is 109 Å². The van der Waals surface area contributed by atoms with Crippen LogP contribution in [0.25, 0.3) is 20.2 Å². The zero-order valence-electron chi connectivity index (χ0n) is 9.70. The van der Waals surface area contributed by atoms with Crippen molar-refractivity contribution in [1.82, 2.24) is 0 Å². The molecule has 3 rings (SSSR count). The second-order valence-electron chi connectivity index (χ2n) is 5.21. The van der Waals surface area contributed by atoms with Gasteiger partial charge in [0, 0.05) is 0 Å². The molecule has 0 saturated carbocycles. The van der Waals surface area contributed by atoms with Crippen molar-refractivity contribution in [3.63, 3.8) is 0 Å². The van der Waals surface area contributed by atoms with E-state index in [1.54, 1.807) is 2.89 Å². The Labute approximate surface area is 108 Å². The summed E-state index contributed by atoms with van der Waals surface area (Å²) in [6.07, 6.45) is 0. The molecule has 3 heteroatoms. The van der Waals surface area contributed by atoms with E-state index in [1.807, 2.05) is 22.7 Å². The van der Waals surface area contributed by atoms with Gasteiger partial charge in [-0.1, -0.05) is 0 Å². The van der Waals surface area contributed by atoms with Crippen molar-refractivity contribution in [1.29, 1.82) is 0 Å². The van der Waals surface area contributed by atoms with E-state index in [4.69, 9.17) is 0 Å². The van der Waals surface area contributed by atoms with Gasteiger partial charge < -0.3 is 0 Å². The molecule has 0 aliphatic carbocycles. The zero-order chi connectivity index (χ0) is 11.3. The zero-order valence-corrected chi connectivity index (χ0v) is 14.2. The second-order valence-corrected chi connectivity index (χ2v) is 22.7. The van der Waals surface area contributed by atoms with Gasteiger partial charge in [-0.3, -0.25) is 0 Å². The van der Waals surface area contributed by atoms with E-state index in [0.717, 1.165) is 0 Å². The molecule has 0 amide bonds. The Kier molecular flexibility index (Phi) is 2.57. The van der Waals surface area contributed by atoms with Crippen LogP contribution in [-0.4, -0.2) is 18.4 Å².